The maximum absolute atomic E-state index is 6.11. The number of fused-ring (bicyclic) bond motifs is 2. The number of aryl methyl sites for hydroxylation is 1. The molecule has 2 aliphatic rings. The summed E-state index contributed by atoms with van der Waals surface area (Å²) in [4.78, 5) is 7.42. The molecule has 1 aromatic rings. The van der Waals surface area contributed by atoms with Crippen LogP contribution >= 0.6 is 11.3 Å². The van der Waals surface area contributed by atoms with E-state index in [1.807, 2.05) is 11.3 Å². The largest absolute Gasteiger partial charge is 0.328 e. The van der Waals surface area contributed by atoms with Crippen LogP contribution in [0.1, 0.15) is 49.7 Å². The molecule has 3 rings (SSSR count). The van der Waals surface area contributed by atoms with Gasteiger partial charge in [0.2, 0.25) is 0 Å². The summed E-state index contributed by atoms with van der Waals surface area (Å²) in [7, 11) is 0. The van der Waals surface area contributed by atoms with Gasteiger partial charge in [-0.25, -0.2) is 4.98 Å². The topological polar surface area (TPSA) is 42.2 Å². The van der Waals surface area contributed by atoms with Crippen LogP contribution in [0.3, 0.4) is 0 Å². The Morgan fingerprint density at radius 1 is 1.39 bits per heavy atom. The normalized spacial score (nSPS) is 32.0. The van der Waals surface area contributed by atoms with Gasteiger partial charge < -0.3 is 5.73 Å². The Morgan fingerprint density at radius 2 is 2.11 bits per heavy atom. The molecule has 1 aromatic heterocycles. The van der Waals surface area contributed by atoms with Gasteiger partial charge in [0.25, 0.3) is 0 Å². The highest BCUT2D eigenvalue weighted by Gasteiger charge is 2.39. The minimum absolute atomic E-state index is 0.435. The fourth-order valence-corrected chi connectivity index (χ4v) is 4.40. The van der Waals surface area contributed by atoms with Crippen LogP contribution in [-0.4, -0.2) is 28.0 Å². The van der Waals surface area contributed by atoms with Crippen molar-refractivity contribution in [3.8, 4) is 0 Å². The molecule has 0 radical (unpaired) electrons. The van der Waals surface area contributed by atoms with Crippen molar-refractivity contribution >= 4 is 11.3 Å². The molecule has 0 saturated carbocycles. The molecule has 18 heavy (non-hydrogen) atoms. The van der Waals surface area contributed by atoms with Crippen molar-refractivity contribution in [1.82, 2.24) is 9.88 Å². The zero-order chi connectivity index (χ0) is 12.5. The predicted molar refractivity (Wildman–Crippen MR) is 75.7 cm³/mol. The maximum Gasteiger partial charge on any atom is 0.0928 e. The zero-order valence-electron chi connectivity index (χ0n) is 11.1. The Morgan fingerprint density at radius 3 is 2.78 bits per heavy atom. The number of piperidine rings is 1. The van der Waals surface area contributed by atoms with Crippen LogP contribution in [0, 0.1) is 0 Å². The van der Waals surface area contributed by atoms with Gasteiger partial charge in [0, 0.05) is 30.1 Å². The summed E-state index contributed by atoms with van der Waals surface area (Å²) >= 11 is 1.82. The second-order valence-electron chi connectivity index (χ2n) is 5.77. The summed E-state index contributed by atoms with van der Waals surface area (Å²) in [6, 6.07) is 1.87. The minimum Gasteiger partial charge on any atom is -0.328 e. The van der Waals surface area contributed by atoms with Gasteiger partial charge in [-0.1, -0.05) is 6.92 Å². The average Bonchev–Trinajstić information content (AvgIpc) is 2.85. The lowest BCUT2D eigenvalue weighted by atomic mass is 9.98. The first-order chi connectivity index (χ1) is 8.76. The molecule has 2 N–H and O–H groups in total. The van der Waals surface area contributed by atoms with E-state index in [0.717, 1.165) is 25.0 Å². The molecule has 0 amide bonds. The molecule has 100 valence electrons. The van der Waals surface area contributed by atoms with Crippen LogP contribution in [0.4, 0.5) is 0 Å². The van der Waals surface area contributed by atoms with E-state index < -0.39 is 0 Å². The van der Waals surface area contributed by atoms with Crippen molar-refractivity contribution in [3.05, 3.63) is 16.1 Å². The first-order valence-electron chi connectivity index (χ1n) is 7.21. The summed E-state index contributed by atoms with van der Waals surface area (Å²) in [6.45, 7) is 3.26. The van der Waals surface area contributed by atoms with E-state index >= 15 is 0 Å². The first kappa shape index (κ1) is 12.6. The Kier molecular flexibility index (Phi) is 3.68. The Balaban J connectivity index is 1.65. The number of rotatable bonds is 4. The van der Waals surface area contributed by atoms with Gasteiger partial charge in [0.1, 0.15) is 0 Å². The van der Waals surface area contributed by atoms with E-state index in [4.69, 9.17) is 10.7 Å². The highest BCUT2D eigenvalue weighted by atomic mass is 32.1. The van der Waals surface area contributed by atoms with Crippen molar-refractivity contribution in [2.24, 2.45) is 5.73 Å². The fourth-order valence-electron chi connectivity index (χ4n) is 3.51. The molecule has 0 aromatic carbocycles. The van der Waals surface area contributed by atoms with Gasteiger partial charge in [-0.05, 0) is 38.5 Å². The zero-order valence-corrected chi connectivity index (χ0v) is 12.0. The van der Waals surface area contributed by atoms with E-state index in [0.29, 0.717) is 6.04 Å². The van der Waals surface area contributed by atoms with Gasteiger partial charge in [0.15, 0.2) is 0 Å². The molecule has 0 aliphatic carbocycles. The first-order valence-corrected chi connectivity index (χ1v) is 8.09. The number of thiazole rings is 1. The molecule has 4 heteroatoms. The standard InChI is InChI=1S/C14H23N3S/c1-2-3-14-16-11(9-18-14)8-17-12-4-5-13(17)7-10(15)6-12/h9-10,12-13H,2-8,15H2,1H3. The van der Waals surface area contributed by atoms with Crippen LogP contribution in [-0.2, 0) is 13.0 Å². The van der Waals surface area contributed by atoms with Crippen molar-refractivity contribution in [3.63, 3.8) is 0 Å². The van der Waals surface area contributed by atoms with E-state index in [2.05, 4.69) is 17.2 Å². The summed E-state index contributed by atoms with van der Waals surface area (Å²) in [5, 5.41) is 3.55. The summed E-state index contributed by atoms with van der Waals surface area (Å²) in [5.41, 5.74) is 7.39. The van der Waals surface area contributed by atoms with Crippen molar-refractivity contribution in [1.29, 1.82) is 0 Å². The Bertz CT molecular complexity index is 389. The molecule has 2 aliphatic heterocycles. The second kappa shape index (κ2) is 5.27. The second-order valence-corrected chi connectivity index (χ2v) is 6.71. The van der Waals surface area contributed by atoms with Crippen molar-refractivity contribution < 1.29 is 0 Å². The van der Waals surface area contributed by atoms with Gasteiger partial charge in [0.05, 0.1) is 10.7 Å². The van der Waals surface area contributed by atoms with Crippen LogP contribution in [0.15, 0.2) is 5.38 Å². The van der Waals surface area contributed by atoms with Crippen molar-refractivity contribution in [2.75, 3.05) is 0 Å². The molecule has 2 saturated heterocycles. The molecular weight excluding hydrogens is 242 g/mol. The number of hydrogen-bond donors (Lipinski definition) is 1. The summed E-state index contributed by atoms with van der Waals surface area (Å²) in [6.07, 6.45) is 7.36. The number of nitrogens with two attached hydrogens (primary N) is 1. The monoisotopic (exact) mass is 265 g/mol. The lowest BCUT2D eigenvalue weighted by Gasteiger charge is -2.37. The smallest absolute Gasteiger partial charge is 0.0928 e. The fraction of sp³-hybridized carbons (Fsp3) is 0.786. The van der Waals surface area contributed by atoms with Gasteiger partial charge >= 0.3 is 0 Å². The van der Waals surface area contributed by atoms with E-state index in [1.54, 1.807) is 0 Å². The molecule has 2 fully saturated rings. The van der Waals surface area contributed by atoms with Crippen LogP contribution < -0.4 is 5.73 Å². The quantitative estimate of drug-likeness (QED) is 0.909. The predicted octanol–water partition coefficient (Wildman–Crippen LogP) is 2.55. The summed E-state index contributed by atoms with van der Waals surface area (Å²) in [5.74, 6) is 0. The molecule has 3 nitrogen and oxygen atoms in total. The highest BCUT2D eigenvalue weighted by Crippen LogP contribution is 2.36. The van der Waals surface area contributed by atoms with E-state index in [1.165, 1.54) is 42.8 Å². The third-order valence-electron chi connectivity index (χ3n) is 4.33. The van der Waals surface area contributed by atoms with Gasteiger partial charge in [-0.3, -0.25) is 4.90 Å². The lowest BCUT2D eigenvalue weighted by molar-refractivity contribution is 0.118. The number of aromatic nitrogens is 1. The Hall–Kier alpha value is -0.450. The SMILES string of the molecule is CCCc1nc(CN2C3CCC2CC(N)C3)cs1. The Labute approximate surface area is 113 Å². The number of nitrogens with zero attached hydrogens (tertiary/aromatic N) is 2. The summed E-state index contributed by atoms with van der Waals surface area (Å²) < 4.78 is 0. The van der Waals surface area contributed by atoms with E-state index in [-0.39, 0.29) is 0 Å². The highest BCUT2D eigenvalue weighted by molar-refractivity contribution is 7.09. The van der Waals surface area contributed by atoms with Crippen LogP contribution in [0.5, 0.6) is 0 Å². The maximum atomic E-state index is 6.11. The van der Waals surface area contributed by atoms with Gasteiger partial charge in [-0.2, -0.15) is 0 Å². The average molecular weight is 265 g/mol. The number of hydrogen-bond acceptors (Lipinski definition) is 4. The minimum atomic E-state index is 0.435. The third kappa shape index (κ3) is 2.46. The van der Waals surface area contributed by atoms with E-state index in [9.17, 15) is 0 Å². The molecule has 3 heterocycles. The van der Waals surface area contributed by atoms with Crippen molar-refractivity contribution in [2.45, 2.75) is 70.1 Å². The third-order valence-corrected chi connectivity index (χ3v) is 5.29. The van der Waals surface area contributed by atoms with Crippen LogP contribution in [0.2, 0.25) is 0 Å². The molecule has 0 spiro atoms. The van der Waals surface area contributed by atoms with Gasteiger partial charge in [-0.15, -0.1) is 11.3 Å². The van der Waals surface area contributed by atoms with Crippen LogP contribution in [0.25, 0.3) is 0 Å². The molecule has 2 bridgehead atoms. The molecule has 2 atom stereocenters. The molecular formula is C14H23N3S. The lowest BCUT2D eigenvalue weighted by Crippen LogP contribution is -2.46. The molecule has 2 unspecified atom stereocenters.